The number of piperidine rings is 1. The molecule has 0 aliphatic carbocycles. The van der Waals surface area contributed by atoms with Crippen molar-refractivity contribution in [2.75, 3.05) is 20.1 Å². The summed E-state index contributed by atoms with van der Waals surface area (Å²) in [6.45, 7) is 3.29. The van der Waals surface area contributed by atoms with Gasteiger partial charge in [0.15, 0.2) is 4.77 Å². The van der Waals surface area contributed by atoms with Crippen LogP contribution in [0.3, 0.4) is 0 Å². The highest BCUT2D eigenvalue weighted by atomic mass is 32.1. The van der Waals surface area contributed by atoms with E-state index in [2.05, 4.69) is 16.9 Å². The Morgan fingerprint density at radius 1 is 1.62 bits per heavy atom. The van der Waals surface area contributed by atoms with E-state index in [1.165, 1.54) is 19.4 Å². The Balaban J connectivity index is 2.07. The zero-order valence-electron chi connectivity index (χ0n) is 9.65. The Kier molecular flexibility index (Phi) is 3.78. The van der Waals surface area contributed by atoms with Gasteiger partial charge in [0.25, 0.3) is 0 Å². The first-order chi connectivity index (χ1) is 7.70. The lowest BCUT2D eigenvalue weighted by Gasteiger charge is -2.30. The third-order valence-electron chi connectivity index (χ3n) is 3.28. The first-order valence-corrected chi connectivity index (χ1v) is 6.18. The van der Waals surface area contributed by atoms with Crippen molar-refractivity contribution in [2.24, 2.45) is 5.92 Å². The van der Waals surface area contributed by atoms with Crippen LogP contribution in [-0.4, -0.2) is 39.7 Å². The van der Waals surface area contributed by atoms with Crippen LogP contribution in [0.2, 0.25) is 0 Å². The number of nitrogens with zero attached hydrogens (tertiary/aromatic N) is 2. The lowest BCUT2D eigenvalue weighted by molar-refractivity contribution is 0.189. The molecule has 2 heterocycles. The van der Waals surface area contributed by atoms with Crippen LogP contribution >= 0.6 is 12.2 Å². The Hall–Kier alpha value is -0.650. The molecular formula is C11H19N3OS. The van der Waals surface area contributed by atoms with Gasteiger partial charge in [0.1, 0.15) is 0 Å². The van der Waals surface area contributed by atoms with Gasteiger partial charge < -0.3 is 19.6 Å². The van der Waals surface area contributed by atoms with Gasteiger partial charge in [-0.05, 0) is 44.6 Å². The van der Waals surface area contributed by atoms with Crippen LogP contribution in [0.1, 0.15) is 18.5 Å². The van der Waals surface area contributed by atoms with Crippen molar-refractivity contribution in [1.29, 1.82) is 0 Å². The lowest BCUT2D eigenvalue weighted by atomic mass is 9.98. The number of hydrogen-bond acceptors (Lipinski definition) is 3. The molecule has 0 amide bonds. The lowest BCUT2D eigenvalue weighted by Crippen LogP contribution is -2.34. The smallest absolute Gasteiger partial charge is 0.177 e. The average molecular weight is 241 g/mol. The molecule has 16 heavy (non-hydrogen) atoms. The Labute approximate surface area is 101 Å². The van der Waals surface area contributed by atoms with Crippen molar-refractivity contribution in [2.45, 2.75) is 26.0 Å². The van der Waals surface area contributed by atoms with E-state index < -0.39 is 0 Å². The van der Waals surface area contributed by atoms with Crippen LogP contribution in [0, 0.1) is 10.7 Å². The van der Waals surface area contributed by atoms with Crippen LogP contribution < -0.4 is 0 Å². The molecule has 1 atom stereocenters. The quantitative estimate of drug-likeness (QED) is 0.786. The van der Waals surface area contributed by atoms with Crippen molar-refractivity contribution < 1.29 is 5.11 Å². The number of H-pyrrole nitrogens is 1. The second-order valence-corrected chi connectivity index (χ2v) is 5.01. The normalized spacial score (nSPS) is 22.5. The number of aromatic nitrogens is 2. The minimum Gasteiger partial charge on any atom is -0.390 e. The van der Waals surface area contributed by atoms with E-state index in [-0.39, 0.29) is 6.61 Å². The topological polar surface area (TPSA) is 44.2 Å². The van der Waals surface area contributed by atoms with E-state index in [4.69, 9.17) is 12.2 Å². The number of aromatic amines is 1. The maximum Gasteiger partial charge on any atom is 0.177 e. The minimum atomic E-state index is 0.0513. The number of nitrogens with one attached hydrogen (secondary N) is 1. The van der Waals surface area contributed by atoms with E-state index in [0.29, 0.717) is 5.92 Å². The first kappa shape index (κ1) is 11.8. The van der Waals surface area contributed by atoms with Crippen LogP contribution in [0.15, 0.2) is 6.20 Å². The fourth-order valence-corrected chi connectivity index (χ4v) is 2.69. The van der Waals surface area contributed by atoms with Gasteiger partial charge in [-0.25, -0.2) is 0 Å². The molecule has 1 fully saturated rings. The van der Waals surface area contributed by atoms with Crippen LogP contribution in [0.25, 0.3) is 0 Å². The van der Waals surface area contributed by atoms with Gasteiger partial charge in [-0.15, -0.1) is 0 Å². The van der Waals surface area contributed by atoms with Crippen LogP contribution in [-0.2, 0) is 13.2 Å². The van der Waals surface area contributed by atoms with Crippen LogP contribution in [0.5, 0.6) is 0 Å². The number of imidazole rings is 1. The van der Waals surface area contributed by atoms with Gasteiger partial charge in [-0.1, -0.05) is 0 Å². The summed E-state index contributed by atoms with van der Waals surface area (Å²) in [6, 6.07) is 0. The van der Waals surface area contributed by atoms with E-state index in [0.717, 1.165) is 23.6 Å². The molecule has 1 saturated heterocycles. The fraction of sp³-hybridized carbons (Fsp3) is 0.727. The first-order valence-electron chi connectivity index (χ1n) is 5.77. The predicted octanol–water partition coefficient (Wildman–Crippen LogP) is 1.38. The largest absolute Gasteiger partial charge is 0.390 e. The van der Waals surface area contributed by atoms with E-state index in [1.54, 1.807) is 6.20 Å². The summed E-state index contributed by atoms with van der Waals surface area (Å²) in [7, 11) is 2.16. The summed E-state index contributed by atoms with van der Waals surface area (Å²) >= 11 is 5.22. The van der Waals surface area contributed by atoms with E-state index in [1.807, 2.05) is 4.57 Å². The molecule has 0 aromatic carbocycles. The monoisotopic (exact) mass is 241 g/mol. The standard InChI is InChI=1S/C11H19N3OS/c1-13-4-2-3-9(6-13)7-14-10(8-15)5-12-11(14)16/h5,9,15H,2-4,6-8H2,1H3,(H,12,16). The molecule has 1 aromatic heterocycles. The number of likely N-dealkylation sites (tertiary alicyclic amines) is 1. The molecule has 1 unspecified atom stereocenters. The number of hydrogen-bond donors (Lipinski definition) is 2. The highest BCUT2D eigenvalue weighted by Crippen LogP contribution is 2.18. The highest BCUT2D eigenvalue weighted by Gasteiger charge is 2.18. The molecule has 5 heteroatoms. The van der Waals surface area contributed by atoms with Gasteiger partial charge in [-0.3, -0.25) is 0 Å². The van der Waals surface area contributed by atoms with E-state index >= 15 is 0 Å². The Morgan fingerprint density at radius 2 is 2.44 bits per heavy atom. The third-order valence-corrected chi connectivity index (χ3v) is 3.62. The molecule has 2 N–H and O–H groups in total. The van der Waals surface area contributed by atoms with Crippen LogP contribution in [0.4, 0.5) is 0 Å². The van der Waals surface area contributed by atoms with Crippen molar-refractivity contribution in [3.8, 4) is 0 Å². The summed E-state index contributed by atoms with van der Waals surface area (Å²) < 4.78 is 2.75. The zero-order chi connectivity index (χ0) is 11.5. The molecule has 0 saturated carbocycles. The molecule has 0 bridgehead atoms. The molecule has 0 spiro atoms. The second kappa shape index (κ2) is 5.12. The Morgan fingerprint density at radius 3 is 3.12 bits per heavy atom. The van der Waals surface area contributed by atoms with Crippen molar-refractivity contribution in [1.82, 2.24) is 14.5 Å². The Bertz CT molecular complexity index is 398. The molecule has 1 aliphatic rings. The number of aliphatic hydroxyl groups excluding tert-OH is 1. The predicted molar refractivity (Wildman–Crippen MR) is 65.8 cm³/mol. The summed E-state index contributed by atoms with van der Waals surface area (Å²) in [4.78, 5) is 5.36. The maximum atomic E-state index is 9.22. The molecule has 90 valence electrons. The van der Waals surface area contributed by atoms with Gasteiger partial charge >= 0.3 is 0 Å². The number of aliphatic hydroxyl groups is 1. The molecule has 2 rings (SSSR count). The van der Waals surface area contributed by atoms with Crippen molar-refractivity contribution >= 4 is 12.2 Å². The van der Waals surface area contributed by atoms with Crippen molar-refractivity contribution in [3.63, 3.8) is 0 Å². The molecule has 1 aliphatic heterocycles. The van der Waals surface area contributed by atoms with Gasteiger partial charge in [-0.2, -0.15) is 0 Å². The van der Waals surface area contributed by atoms with Gasteiger partial charge in [0, 0.05) is 19.3 Å². The summed E-state index contributed by atoms with van der Waals surface area (Å²) in [5.74, 6) is 0.645. The average Bonchev–Trinajstić information content (AvgIpc) is 2.60. The summed E-state index contributed by atoms with van der Waals surface area (Å²) in [5, 5.41) is 9.22. The minimum absolute atomic E-state index is 0.0513. The molecule has 1 aromatic rings. The molecular weight excluding hydrogens is 222 g/mol. The van der Waals surface area contributed by atoms with Gasteiger partial charge in [0.2, 0.25) is 0 Å². The summed E-state index contributed by atoms with van der Waals surface area (Å²) in [5.41, 5.74) is 0.887. The molecule has 0 radical (unpaired) electrons. The summed E-state index contributed by atoms with van der Waals surface area (Å²) in [6.07, 6.45) is 4.31. The highest BCUT2D eigenvalue weighted by molar-refractivity contribution is 7.71. The zero-order valence-corrected chi connectivity index (χ0v) is 10.5. The number of rotatable bonds is 3. The second-order valence-electron chi connectivity index (χ2n) is 4.62. The molecule has 4 nitrogen and oxygen atoms in total. The third kappa shape index (κ3) is 2.53. The van der Waals surface area contributed by atoms with E-state index in [9.17, 15) is 5.11 Å². The fourth-order valence-electron chi connectivity index (χ4n) is 2.44. The maximum absolute atomic E-state index is 9.22. The van der Waals surface area contributed by atoms with Gasteiger partial charge in [0.05, 0.1) is 12.3 Å². The SMILES string of the molecule is CN1CCCC(Cn2c(CO)c[nH]c2=S)C1. The van der Waals surface area contributed by atoms with Crippen molar-refractivity contribution in [3.05, 3.63) is 16.7 Å².